The second kappa shape index (κ2) is 12.4. The number of aliphatic hydroxyl groups is 2. The van der Waals surface area contributed by atoms with Crippen LogP contribution in [0.5, 0.6) is 0 Å². The van der Waals surface area contributed by atoms with Gasteiger partial charge in [-0.2, -0.15) is 0 Å². The zero-order valence-electron chi connectivity index (χ0n) is 21.8. The van der Waals surface area contributed by atoms with Gasteiger partial charge in [0.1, 0.15) is 0 Å². The second-order valence-electron chi connectivity index (χ2n) is 11.1. The van der Waals surface area contributed by atoms with Crippen molar-refractivity contribution in [3.63, 3.8) is 0 Å². The molecule has 4 nitrogen and oxygen atoms in total. The molecule has 0 saturated heterocycles. The lowest BCUT2D eigenvalue weighted by Crippen LogP contribution is -2.16. The van der Waals surface area contributed by atoms with E-state index >= 15 is 0 Å². The third-order valence-corrected chi connectivity index (χ3v) is 8.79. The highest BCUT2D eigenvalue weighted by molar-refractivity contribution is 7.16. The summed E-state index contributed by atoms with van der Waals surface area (Å²) >= 11 is 3.25. The number of hydrogen-bond acceptors (Lipinski definition) is 6. The first-order valence-electron chi connectivity index (χ1n) is 12.6. The van der Waals surface area contributed by atoms with E-state index in [1.807, 2.05) is 24.3 Å². The quantitative estimate of drug-likeness (QED) is 0.281. The second-order valence-corrected chi connectivity index (χ2v) is 13.5. The predicted octanol–water partition coefficient (Wildman–Crippen LogP) is 6.55. The molecule has 1 aromatic carbocycles. The van der Waals surface area contributed by atoms with E-state index in [2.05, 4.69) is 27.7 Å². The molecule has 3 aromatic rings. The van der Waals surface area contributed by atoms with Gasteiger partial charge in [-0.1, -0.05) is 52.0 Å². The average Bonchev–Trinajstić information content (AvgIpc) is 2.83. The molecule has 0 bridgehead atoms. The van der Waals surface area contributed by atoms with Gasteiger partial charge in [-0.05, 0) is 61.5 Å². The Kier molecular flexibility index (Phi) is 9.81. The van der Waals surface area contributed by atoms with Gasteiger partial charge >= 0.3 is 0 Å². The molecule has 0 saturated carbocycles. The molecule has 36 heavy (non-hydrogen) atoms. The molecule has 0 aliphatic carbocycles. The minimum Gasteiger partial charge on any atom is -0.396 e. The van der Waals surface area contributed by atoms with E-state index in [0.29, 0.717) is 0 Å². The molecule has 2 aromatic heterocycles. The lowest BCUT2D eigenvalue weighted by molar-refractivity contribution is 0.148. The fourth-order valence-electron chi connectivity index (χ4n) is 4.12. The Morgan fingerprint density at radius 3 is 1.42 bits per heavy atom. The van der Waals surface area contributed by atoms with Gasteiger partial charge in [0.05, 0.1) is 0 Å². The fraction of sp³-hybridized carbons (Fsp3) is 0.467. The molecule has 0 unspecified atom stereocenters. The van der Waals surface area contributed by atoms with Crippen molar-refractivity contribution in [2.24, 2.45) is 10.8 Å². The van der Waals surface area contributed by atoms with Crippen LogP contribution in [0.15, 0.2) is 58.1 Å². The Morgan fingerprint density at radius 1 is 0.667 bits per heavy atom. The first-order valence-corrected chi connectivity index (χ1v) is 14.2. The zero-order chi connectivity index (χ0) is 26.3. The molecule has 0 aliphatic rings. The van der Waals surface area contributed by atoms with E-state index in [1.165, 1.54) is 0 Å². The molecule has 0 amide bonds. The highest BCUT2D eigenvalue weighted by Gasteiger charge is 2.18. The van der Waals surface area contributed by atoms with Crippen LogP contribution in [0, 0.1) is 10.8 Å². The molecular weight excluding hydrogens is 488 g/mol. The third-order valence-electron chi connectivity index (χ3n) is 6.50. The molecule has 6 heteroatoms. The first kappa shape index (κ1) is 28.5. The van der Waals surface area contributed by atoms with Crippen molar-refractivity contribution in [1.82, 2.24) is 0 Å². The van der Waals surface area contributed by atoms with Crippen LogP contribution < -0.4 is 10.9 Å². The Bertz CT molecular complexity index is 1170. The van der Waals surface area contributed by atoms with Gasteiger partial charge in [0.2, 0.25) is 0 Å². The van der Waals surface area contributed by atoms with Crippen molar-refractivity contribution in [3.05, 3.63) is 78.7 Å². The minimum atomic E-state index is -0.120. The molecule has 2 N–H and O–H groups in total. The van der Waals surface area contributed by atoms with Crippen LogP contribution in [-0.4, -0.2) is 23.4 Å². The molecule has 3 rings (SSSR count). The molecule has 0 aliphatic heterocycles. The van der Waals surface area contributed by atoms with Crippen molar-refractivity contribution in [1.29, 1.82) is 0 Å². The zero-order valence-corrected chi connectivity index (χ0v) is 23.4. The Morgan fingerprint density at radius 2 is 1.06 bits per heavy atom. The summed E-state index contributed by atoms with van der Waals surface area (Å²) in [6, 6.07) is 14.8. The Balaban J connectivity index is 1.89. The van der Waals surface area contributed by atoms with Crippen molar-refractivity contribution in [3.8, 4) is 20.9 Å². The van der Waals surface area contributed by atoms with Gasteiger partial charge in [0.15, 0.2) is 10.9 Å². The fourth-order valence-corrected chi connectivity index (χ4v) is 6.46. The van der Waals surface area contributed by atoms with E-state index in [-0.39, 0.29) is 34.9 Å². The summed E-state index contributed by atoms with van der Waals surface area (Å²) in [4.78, 5) is 29.1. The monoisotopic (exact) mass is 526 g/mol. The van der Waals surface area contributed by atoms with E-state index in [4.69, 9.17) is 0 Å². The summed E-state index contributed by atoms with van der Waals surface area (Å²) < 4.78 is 0. The van der Waals surface area contributed by atoms with Gasteiger partial charge in [-0.15, -0.1) is 22.7 Å². The topological polar surface area (TPSA) is 74.6 Å². The van der Waals surface area contributed by atoms with Gasteiger partial charge in [0, 0.05) is 56.0 Å². The van der Waals surface area contributed by atoms with Crippen LogP contribution in [0.4, 0.5) is 0 Å². The number of aliphatic hydroxyl groups excluding tert-OH is 2. The van der Waals surface area contributed by atoms with Crippen molar-refractivity contribution in [2.75, 3.05) is 13.2 Å². The van der Waals surface area contributed by atoms with Crippen LogP contribution in [0.25, 0.3) is 20.9 Å². The molecule has 194 valence electrons. The first-order chi connectivity index (χ1) is 17.0. The summed E-state index contributed by atoms with van der Waals surface area (Å²) in [6.45, 7) is 8.50. The largest absolute Gasteiger partial charge is 0.396 e. The number of aryl methyl sites for hydroxylation is 2. The van der Waals surface area contributed by atoms with E-state index in [0.717, 1.165) is 69.2 Å². The molecule has 0 radical (unpaired) electrons. The van der Waals surface area contributed by atoms with E-state index in [9.17, 15) is 19.8 Å². The normalized spacial score (nSPS) is 12.2. The van der Waals surface area contributed by atoms with Gasteiger partial charge in [-0.25, -0.2) is 0 Å². The summed E-state index contributed by atoms with van der Waals surface area (Å²) in [5.41, 5.74) is 1.67. The number of benzene rings is 1. The number of rotatable bonds is 12. The molecule has 0 spiro atoms. The van der Waals surface area contributed by atoms with Crippen LogP contribution in [0.1, 0.15) is 63.1 Å². The SMILES string of the molecule is CC(C)(CO)CCCc1cc(=O)cc(-c2ccccc2-c2cc(=O)cc(CCCC(C)(C)CO)s2)s1. The van der Waals surface area contributed by atoms with Crippen LogP contribution in [-0.2, 0) is 12.8 Å². The number of hydrogen-bond donors (Lipinski definition) is 2. The highest BCUT2D eigenvalue weighted by Crippen LogP contribution is 2.37. The third kappa shape index (κ3) is 8.20. The van der Waals surface area contributed by atoms with E-state index in [1.54, 1.807) is 46.9 Å². The minimum absolute atomic E-state index is 0.0107. The van der Waals surface area contributed by atoms with Gasteiger partial charge in [-0.3, -0.25) is 9.59 Å². The standard InChI is InChI=1S/C30H38O4S2/c1-29(2,19-31)13-7-9-23-15-21(33)17-27(35-23)25-11-5-6-12-26(25)28-18-22(34)16-24(36-28)10-8-14-30(3,4)20-32/h5-6,11-12,15-18,31-32H,7-10,13-14,19-20H2,1-4H3. The summed E-state index contributed by atoms with van der Waals surface area (Å²) in [7, 11) is 0. The van der Waals surface area contributed by atoms with Crippen LogP contribution in [0.3, 0.4) is 0 Å². The van der Waals surface area contributed by atoms with Crippen molar-refractivity contribution < 1.29 is 10.2 Å². The lowest BCUT2D eigenvalue weighted by atomic mass is 9.88. The van der Waals surface area contributed by atoms with E-state index < -0.39 is 0 Å². The summed E-state index contributed by atoms with van der Waals surface area (Å²) in [5, 5.41) is 19.0. The van der Waals surface area contributed by atoms with Crippen LogP contribution in [0.2, 0.25) is 0 Å². The maximum absolute atomic E-state index is 12.6. The van der Waals surface area contributed by atoms with Crippen LogP contribution >= 0.6 is 22.7 Å². The Hall–Kier alpha value is -2.12. The smallest absolute Gasteiger partial charge is 0.181 e. The van der Waals surface area contributed by atoms with Gasteiger partial charge in [0.25, 0.3) is 0 Å². The molecular formula is C30H38O4S2. The van der Waals surface area contributed by atoms with Crippen molar-refractivity contribution in [2.45, 2.75) is 66.2 Å². The molecule has 0 atom stereocenters. The summed E-state index contributed by atoms with van der Waals surface area (Å²) in [5.74, 6) is 0. The summed E-state index contributed by atoms with van der Waals surface area (Å²) in [6.07, 6.45) is 5.19. The maximum atomic E-state index is 12.6. The van der Waals surface area contributed by atoms with Gasteiger partial charge < -0.3 is 10.2 Å². The Labute approximate surface area is 222 Å². The maximum Gasteiger partial charge on any atom is 0.181 e. The van der Waals surface area contributed by atoms with Crippen molar-refractivity contribution >= 4 is 22.7 Å². The average molecular weight is 527 g/mol. The molecule has 2 heterocycles. The predicted molar refractivity (Wildman–Crippen MR) is 153 cm³/mol. The molecule has 0 fully saturated rings. The lowest BCUT2D eigenvalue weighted by Gasteiger charge is -2.21. The highest BCUT2D eigenvalue weighted by atomic mass is 32.1.